The lowest BCUT2D eigenvalue weighted by Crippen LogP contribution is -2.14. The number of rotatable bonds is 5. The van der Waals surface area contributed by atoms with Crippen molar-refractivity contribution in [1.29, 1.82) is 0 Å². The molecule has 0 fully saturated rings. The van der Waals surface area contributed by atoms with E-state index in [1.165, 1.54) is 13.4 Å². The van der Waals surface area contributed by atoms with Crippen LogP contribution in [0, 0.1) is 0 Å². The number of hydrogen-bond donors (Lipinski definition) is 2. The molecule has 2 N–H and O–H groups in total. The van der Waals surface area contributed by atoms with Gasteiger partial charge in [-0.2, -0.15) is 0 Å². The summed E-state index contributed by atoms with van der Waals surface area (Å²) in [5, 5.41) is 5.22. The van der Waals surface area contributed by atoms with Crippen LogP contribution in [0.4, 0.5) is 16.2 Å². The number of benzene rings is 1. The van der Waals surface area contributed by atoms with Crippen LogP contribution in [0.15, 0.2) is 41.0 Å². The number of hydrogen-bond acceptors (Lipinski definition) is 5. The Bertz CT molecular complexity index is 652. The van der Waals surface area contributed by atoms with Gasteiger partial charge in [-0.15, -0.1) is 0 Å². The SMILES string of the molecule is CCOC(=O)Nc1ccc(NC(=O)c2ccco2)c(OC)c1. The summed E-state index contributed by atoms with van der Waals surface area (Å²) < 4.78 is 15.0. The minimum Gasteiger partial charge on any atom is -0.494 e. The van der Waals surface area contributed by atoms with Crippen molar-refractivity contribution in [3.8, 4) is 5.75 Å². The van der Waals surface area contributed by atoms with Gasteiger partial charge in [-0.05, 0) is 31.2 Å². The van der Waals surface area contributed by atoms with E-state index in [-0.39, 0.29) is 12.4 Å². The van der Waals surface area contributed by atoms with Gasteiger partial charge in [0.05, 0.1) is 25.7 Å². The molecule has 7 heteroatoms. The highest BCUT2D eigenvalue weighted by Gasteiger charge is 2.13. The van der Waals surface area contributed by atoms with Gasteiger partial charge in [0.2, 0.25) is 0 Å². The fourth-order valence-corrected chi connectivity index (χ4v) is 1.75. The maximum absolute atomic E-state index is 11.9. The summed E-state index contributed by atoms with van der Waals surface area (Å²) in [6.07, 6.45) is 0.857. The highest BCUT2D eigenvalue weighted by atomic mass is 16.5. The van der Waals surface area contributed by atoms with E-state index in [1.807, 2.05) is 0 Å². The first kappa shape index (κ1) is 15.4. The molecule has 0 aliphatic rings. The van der Waals surface area contributed by atoms with Gasteiger partial charge in [-0.25, -0.2) is 4.79 Å². The third-order valence-electron chi connectivity index (χ3n) is 2.72. The predicted molar refractivity (Wildman–Crippen MR) is 80.3 cm³/mol. The zero-order chi connectivity index (χ0) is 15.9. The normalized spacial score (nSPS) is 9.91. The molecule has 2 aromatic rings. The molecular formula is C15H16N2O5. The highest BCUT2D eigenvalue weighted by molar-refractivity contribution is 6.03. The molecule has 1 aromatic heterocycles. The lowest BCUT2D eigenvalue weighted by Gasteiger charge is -2.12. The Morgan fingerprint density at radius 1 is 1.23 bits per heavy atom. The number of carbonyl (C=O) groups excluding carboxylic acids is 2. The minimum absolute atomic E-state index is 0.191. The molecule has 0 saturated carbocycles. The third-order valence-corrected chi connectivity index (χ3v) is 2.72. The van der Waals surface area contributed by atoms with Crippen LogP contribution < -0.4 is 15.4 Å². The van der Waals surface area contributed by atoms with E-state index in [1.54, 1.807) is 37.3 Å². The van der Waals surface area contributed by atoms with Gasteiger partial charge in [-0.1, -0.05) is 0 Å². The zero-order valence-electron chi connectivity index (χ0n) is 12.2. The Morgan fingerprint density at radius 3 is 2.68 bits per heavy atom. The van der Waals surface area contributed by atoms with Crippen molar-refractivity contribution in [2.24, 2.45) is 0 Å². The van der Waals surface area contributed by atoms with Crippen molar-refractivity contribution in [2.45, 2.75) is 6.92 Å². The number of furan rings is 1. The van der Waals surface area contributed by atoms with Gasteiger partial charge in [0.25, 0.3) is 5.91 Å². The molecule has 0 aliphatic heterocycles. The van der Waals surface area contributed by atoms with Gasteiger partial charge in [0, 0.05) is 11.8 Å². The molecule has 116 valence electrons. The van der Waals surface area contributed by atoms with E-state index >= 15 is 0 Å². The van der Waals surface area contributed by atoms with E-state index in [4.69, 9.17) is 13.9 Å². The highest BCUT2D eigenvalue weighted by Crippen LogP contribution is 2.28. The molecule has 0 aliphatic carbocycles. The lowest BCUT2D eigenvalue weighted by molar-refractivity contribution is 0.0996. The van der Waals surface area contributed by atoms with E-state index in [9.17, 15) is 9.59 Å². The molecular weight excluding hydrogens is 288 g/mol. The van der Waals surface area contributed by atoms with Gasteiger partial charge in [0.15, 0.2) is 5.76 Å². The average molecular weight is 304 g/mol. The van der Waals surface area contributed by atoms with Crippen LogP contribution in [0.1, 0.15) is 17.5 Å². The first-order chi connectivity index (χ1) is 10.6. The van der Waals surface area contributed by atoms with Crippen molar-refractivity contribution < 1.29 is 23.5 Å². The van der Waals surface area contributed by atoms with Gasteiger partial charge in [-0.3, -0.25) is 10.1 Å². The predicted octanol–water partition coefficient (Wildman–Crippen LogP) is 3.11. The molecule has 2 rings (SSSR count). The van der Waals surface area contributed by atoms with Gasteiger partial charge in [0.1, 0.15) is 5.75 Å². The smallest absolute Gasteiger partial charge is 0.411 e. The molecule has 0 spiro atoms. The summed E-state index contributed by atoms with van der Waals surface area (Å²) in [5.41, 5.74) is 0.949. The van der Waals surface area contributed by atoms with Gasteiger partial charge >= 0.3 is 6.09 Å². The second-order valence-corrected chi connectivity index (χ2v) is 4.19. The Labute approximate surface area is 127 Å². The number of ether oxygens (including phenoxy) is 2. The lowest BCUT2D eigenvalue weighted by atomic mass is 10.2. The Morgan fingerprint density at radius 2 is 2.05 bits per heavy atom. The first-order valence-electron chi connectivity index (χ1n) is 6.60. The van der Waals surface area contributed by atoms with Crippen LogP contribution in [0.25, 0.3) is 0 Å². The molecule has 1 heterocycles. The molecule has 0 unspecified atom stereocenters. The second-order valence-electron chi connectivity index (χ2n) is 4.19. The zero-order valence-corrected chi connectivity index (χ0v) is 12.2. The fourth-order valence-electron chi connectivity index (χ4n) is 1.75. The van der Waals surface area contributed by atoms with E-state index in [0.717, 1.165) is 0 Å². The van der Waals surface area contributed by atoms with Gasteiger partial charge < -0.3 is 19.2 Å². The van der Waals surface area contributed by atoms with E-state index < -0.39 is 12.0 Å². The Balaban J connectivity index is 2.12. The van der Waals surface area contributed by atoms with E-state index in [0.29, 0.717) is 17.1 Å². The van der Waals surface area contributed by atoms with Crippen molar-refractivity contribution in [2.75, 3.05) is 24.4 Å². The summed E-state index contributed by atoms with van der Waals surface area (Å²) in [6, 6.07) is 7.99. The number of methoxy groups -OCH3 is 1. The monoisotopic (exact) mass is 304 g/mol. The third kappa shape index (κ3) is 3.78. The molecule has 0 radical (unpaired) electrons. The fraction of sp³-hybridized carbons (Fsp3) is 0.200. The van der Waals surface area contributed by atoms with Crippen LogP contribution >= 0.6 is 0 Å². The van der Waals surface area contributed by atoms with E-state index in [2.05, 4.69) is 10.6 Å². The summed E-state index contributed by atoms with van der Waals surface area (Å²) in [5.74, 6) is 0.194. The van der Waals surface area contributed by atoms with Crippen LogP contribution in [0.5, 0.6) is 5.75 Å². The molecule has 7 nitrogen and oxygen atoms in total. The summed E-state index contributed by atoms with van der Waals surface area (Å²) >= 11 is 0. The summed E-state index contributed by atoms with van der Waals surface area (Å²) in [7, 11) is 1.46. The second kappa shape index (κ2) is 7.16. The topological polar surface area (TPSA) is 89.8 Å². The summed E-state index contributed by atoms with van der Waals surface area (Å²) in [6.45, 7) is 1.99. The maximum atomic E-state index is 11.9. The Hall–Kier alpha value is -2.96. The Kier molecular flexibility index (Phi) is 5.02. The largest absolute Gasteiger partial charge is 0.494 e. The number of nitrogens with one attached hydrogen (secondary N) is 2. The molecule has 0 bridgehead atoms. The van der Waals surface area contributed by atoms with Crippen LogP contribution in [0.2, 0.25) is 0 Å². The van der Waals surface area contributed by atoms with Crippen molar-refractivity contribution >= 4 is 23.4 Å². The first-order valence-corrected chi connectivity index (χ1v) is 6.60. The van der Waals surface area contributed by atoms with Crippen LogP contribution in [0.3, 0.4) is 0 Å². The molecule has 2 amide bonds. The molecule has 0 atom stereocenters. The molecule has 0 saturated heterocycles. The number of anilines is 2. The van der Waals surface area contributed by atoms with Crippen molar-refractivity contribution in [3.05, 3.63) is 42.4 Å². The molecule has 22 heavy (non-hydrogen) atoms. The average Bonchev–Trinajstić information content (AvgIpc) is 3.03. The van der Waals surface area contributed by atoms with Crippen LogP contribution in [-0.2, 0) is 4.74 Å². The number of amides is 2. The maximum Gasteiger partial charge on any atom is 0.411 e. The standard InChI is InChI=1S/C15H16N2O5/c1-3-21-15(19)16-10-6-7-11(13(9-10)20-2)17-14(18)12-5-4-8-22-12/h4-9H,3H2,1-2H3,(H,16,19)(H,17,18). The molecule has 1 aromatic carbocycles. The van der Waals surface area contributed by atoms with Crippen LogP contribution in [-0.4, -0.2) is 25.7 Å². The quantitative estimate of drug-likeness (QED) is 0.885. The number of carbonyl (C=O) groups is 2. The summed E-state index contributed by atoms with van der Waals surface area (Å²) in [4.78, 5) is 23.3. The van der Waals surface area contributed by atoms with Crippen molar-refractivity contribution in [3.63, 3.8) is 0 Å². The minimum atomic E-state index is -0.558. The van der Waals surface area contributed by atoms with Crippen molar-refractivity contribution in [1.82, 2.24) is 0 Å².